The Bertz CT molecular complexity index is 983. The molecular formula is C21H29N5O4S. The van der Waals surface area contributed by atoms with Crippen molar-refractivity contribution in [2.75, 3.05) is 26.2 Å². The van der Waals surface area contributed by atoms with Gasteiger partial charge in [-0.25, -0.2) is 8.42 Å². The van der Waals surface area contributed by atoms with Crippen molar-refractivity contribution in [3.8, 4) is 0 Å². The smallest absolute Gasteiger partial charge is 0.253 e. The molecule has 2 aliphatic rings. The highest BCUT2D eigenvalue weighted by molar-refractivity contribution is 7.89. The molecule has 1 aromatic carbocycles. The first kappa shape index (κ1) is 21.9. The molecule has 9 nitrogen and oxygen atoms in total. The van der Waals surface area contributed by atoms with Crippen LogP contribution in [0, 0.1) is 5.92 Å². The summed E-state index contributed by atoms with van der Waals surface area (Å²) < 4.78 is 34.9. The SMILES string of the molecule is CC1CN(S(=O)(=O)c2ccc(C(=O)N3CCCC(Cn4ccnn4)C3)cc2)CC(C)O1. The second kappa shape index (κ2) is 9.05. The second-order valence-corrected chi connectivity index (χ2v) is 10.4. The van der Waals surface area contributed by atoms with Crippen molar-refractivity contribution in [1.82, 2.24) is 24.2 Å². The van der Waals surface area contributed by atoms with E-state index in [4.69, 9.17) is 4.74 Å². The number of morpholine rings is 1. The molecule has 2 aliphatic heterocycles. The first-order chi connectivity index (χ1) is 14.8. The fraction of sp³-hybridized carbons (Fsp3) is 0.571. The average Bonchev–Trinajstić information content (AvgIpc) is 3.26. The zero-order chi connectivity index (χ0) is 22.0. The zero-order valence-corrected chi connectivity index (χ0v) is 18.7. The summed E-state index contributed by atoms with van der Waals surface area (Å²) in [4.78, 5) is 15.1. The van der Waals surface area contributed by atoms with Gasteiger partial charge >= 0.3 is 0 Å². The molecular weight excluding hydrogens is 418 g/mol. The van der Waals surface area contributed by atoms with Gasteiger partial charge in [-0.2, -0.15) is 4.31 Å². The van der Waals surface area contributed by atoms with E-state index in [1.165, 1.54) is 16.4 Å². The maximum Gasteiger partial charge on any atom is 0.253 e. The molecule has 0 saturated carbocycles. The van der Waals surface area contributed by atoms with Crippen LogP contribution in [0.15, 0.2) is 41.6 Å². The van der Waals surface area contributed by atoms with Gasteiger partial charge in [-0.3, -0.25) is 9.48 Å². The maximum absolute atomic E-state index is 13.0. The average molecular weight is 448 g/mol. The van der Waals surface area contributed by atoms with E-state index in [-0.39, 0.29) is 23.0 Å². The lowest BCUT2D eigenvalue weighted by Gasteiger charge is -2.34. The molecule has 3 heterocycles. The van der Waals surface area contributed by atoms with Crippen LogP contribution in [0.1, 0.15) is 37.0 Å². The van der Waals surface area contributed by atoms with Gasteiger partial charge in [0, 0.05) is 44.5 Å². The third kappa shape index (κ3) is 4.97. The number of sulfonamides is 1. The van der Waals surface area contributed by atoms with E-state index in [0.717, 1.165) is 19.4 Å². The maximum atomic E-state index is 13.0. The van der Waals surface area contributed by atoms with E-state index in [1.54, 1.807) is 23.0 Å². The second-order valence-electron chi connectivity index (χ2n) is 8.49. The van der Waals surface area contributed by atoms with E-state index < -0.39 is 10.0 Å². The highest BCUT2D eigenvalue weighted by Gasteiger charge is 2.32. The summed E-state index contributed by atoms with van der Waals surface area (Å²) in [5.41, 5.74) is 0.504. The fourth-order valence-electron chi connectivity index (χ4n) is 4.42. The summed E-state index contributed by atoms with van der Waals surface area (Å²) in [6.45, 7) is 6.49. The summed E-state index contributed by atoms with van der Waals surface area (Å²) in [6.07, 6.45) is 5.16. The van der Waals surface area contributed by atoms with Crippen LogP contribution in [0.3, 0.4) is 0 Å². The van der Waals surface area contributed by atoms with Crippen LogP contribution in [0.25, 0.3) is 0 Å². The van der Waals surface area contributed by atoms with Crippen LogP contribution in [0.2, 0.25) is 0 Å². The monoisotopic (exact) mass is 447 g/mol. The Morgan fingerprint density at radius 3 is 2.48 bits per heavy atom. The van der Waals surface area contributed by atoms with E-state index in [0.29, 0.717) is 37.7 Å². The Morgan fingerprint density at radius 1 is 1.13 bits per heavy atom. The van der Waals surface area contributed by atoms with Gasteiger partial charge in [0.2, 0.25) is 10.0 Å². The van der Waals surface area contributed by atoms with Gasteiger partial charge < -0.3 is 9.64 Å². The molecule has 0 bridgehead atoms. The summed E-state index contributed by atoms with van der Waals surface area (Å²) in [5.74, 6) is 0.255. The minimum absolute atomic E-state index is 0.0687. The summed E-state index contributed by atoms with van der Waals surface area (Å²) >= 11 is 0. The Balaban J connectivity index is 1.43. The van der Waals surface area contributed by atoms with E-state index in [9.17, 15) is 13.2 Å². The largest absolute Gasteiger partial charge is 0.373 e. The van der Waals surface area contributed by atoms with Gasteiger partial charge in [0.15, 0.2) is 0 Å². The first-order valence-electron chi connectivity index (χ1n) is 10.7. The highest BCUT2D eigenvalue weighted by Crippen LogP contribution is 2.23. The Hall–Kier alpha value is -2.30. The number of hydrogen-bond donors (Lipinski definition) is 0. The lowest BCUT2D eigenvalue weighted by Crippen LogP contribution is -2.48. The number of amides is 1. The molecule has 10 heteroatoms. The van der Waals surface area contributed by atoms with Crippen LogP contribution in [0.4, 0.5) is 0 Å². The number of likely N-dealkylation sites (tertiary alicyclic amines) is 1. The molecule has 2 saturated heterocycles. The summed E-state index contributed by atoms with van der Waals surface area (Å²) in [5, 5.41) is 7.85. The molecule has 0 radical (unpaired) electrons. The highest BCUT2D eigenvalue weighted by atomic mass is 32.2. The van der Waals surface area contributed by atoms with Crippen molar-refractivity contribution in [3.63, 3.8) is 0 Å². The van der Waals surface area contributed by atoms with Crippen molar-refractivity contribution >= 4 is 15.9 Å². The molecule has 0 N–H and O–H groups in total. The van der Waals surface area contributed by atoms with Gasteiger partial charge in [0.25, 0.3) is 5.91 Å². The molecule has 1 aromatic heterocycles. The van der Waals surface area contributed by atoms with E-state index in [1.807, 2.05) is 24.9 Å². The molecule has 1 amide bonds. The van der Waals surface area contributed by atoms with Crippen molar-refractivity contribution in [2.45, 2.75) is 50.3 Å². The Kier molecular flexibility index (Phi) is 6.40. The van der Waals surface area contributed by atoms with Crippen LogP contribution >= 0.6 is 0 Å². The van der Waals surface area contributed by atoms with Crippen molar-refractivity contribution in [3.05, 3.63) is 42.2 Å². The van der Waals surface area contributed by atoms with Crippen molar-refractivity contribution < 1.29 is 17.9 Å². The predicted octanol–water partition coefficient (Wildman–Crippen LogP) is 1.63. The number of benzene rings is 1. The van der Waals surface area contributed by atoms with Crippen LogP contribution < -0.4 is 0 Å². The number of carbonyl (C=O) groups excluding carboxylic acids is 1. The Morgan fingerprint density at radius 2 is 1.84 bits per heavy atom. The van der Waals surface area contributed by atoms with Crippen molar-refractivity contribution in [2.24, 2.45) is 5.92 Å². The van der Waals surface area contributed by atoms with Gasteiger partial charge in [-0.05, 0) is 56.9 Å². The van der Waals surface area contributed by atoms with Crippen LogP contribution in [-0.2, 0) is 21.3 Å². The first-order valence-corrected chi connectivity index (χ1v) is 12.2. The fourth-order valence-corrected chi connectivity index (χ4v) is 6.01. The molecule has 31 heavy (non-hydrogen) atoms. The normalized spacial score (nSPS) is 25.5. The number of piperidine rings is 1. The third-order valence-electron chi connectivity index (χ3n) is 5.85. The number of nitrogens with zero attached hydrogens (tertiary/aromatic N) is 5. The summed E-state index contributed by atoms with van der Waals surface area (Å²) in [6, 6.07) is 6.29. The molecule has 4 rings (SSSR count). The zero-order valence-electron chi connectivity index (χ0n) is 17.9. The number of carbonyl (C=O) groups is 1. The van der Waals surface area contributed by atoms with E-state index in [2.05, 4.69) is 10.3 Å². The van der Waals surface area contributed by atoms with Crippen molar-refractivity contribution in [1.29, 1.82) is 0 Å². The van der Waals surface area contributed by atoms with Crippen LogP contribution in [-0.4, -0.2) is 76.9 Å². The van der Waals surface area contributed by atoms with Gasteiger partial charge in [-0.1, -0.05) is 5.21 Å². The van der Waals surface area contributed by atoms with Gasteiger partial charge in [0.1, 0.15) is 0 Å². The quantitative estimate of drug-likeness (QED) is 0.691. The lowest BCUT2D eigenvalue weighted by molar-refractivity contribution is -0.0440. The topological polar surface area (TPSA) is 97.6 Å². The lowest BCUT2D eigenvalue weighted by atomic mass is 9.97. The van der Waals surface area contributed by atoms with E-state index >= 15 is 0 Å². The third-order valence-corrected chi connectivity index (χ3v) is 7.69. The number of aromatic nitrogens is 3. The minimum atomic E-state index is -3.62. The molecule has 3 atom stereocenters. The standard InChI is InChI=1S/C21H29N5O4S/c1-16-12-26(13-17(2)30-16)31(28,29)20-7-5-19(6-8-20)21(27)24-10-3-4-18(14-24)15-25-11-9-22-23-25/h5-9,11,16-18H,3-4,10,12-15H2,1-2H3. The molecule has 2 fully saturated rings. The van der Waals surface area contributed by atoms with Gasteiger partial charge in [0.05, 0.1) is 23.3 Å². The predicted molar refractivity (Wildman–Crippen MR) is 114 cm³/mol. The van der Waals surface area contributed by atoms with Gasteiger partial charge in [-0.15, -0.1) is 5.10 Å². The molecule has 0 aliphatic carbocycles. The molecule has 168 valence electrons. The number of hydrogen-bond acceptors (Lipinski definition) is 6. The number of rotatable bonds is 5. The summed E-state index contributed by atoms with van der Waals surface area (Å²) in [7, 11) is -3.62. The van der Waals surface area contributed by atoms with Crippen LogP contribution in [0.5, 0.6) is 0 Å². The number of ether oxygens (including phenoxy) is 1. The Labute approximate surface area is 183 Å². The molecule has 2 aromatic rings. The molecule has 3 unspecified atom stereocenters. The minimum Gasteiger partial charge on any atom is -0.373 e. The molecule has 0 spiro atoms.